The largest absolute Gasteiger partial charge is 0.484 e. The highest BCUT2D eigenvalue weighted by Gasteiger charge is 2.31. The van der Waals surface area contributed by atoms with Crippen LogP contribution in [0.5, 0.6) is 5.75 Å². The van der Waals surface area contributed by atoms with Crippen molar-refractivity contribution in [2.45, 2.75) is 38.0 Å². The number of hydrogen-bond acceptors (Lipinski definition) is 4. The highest BCUT2D eigenvalue weighted by molar-refractivity contribution is 7.93. The number of hydrogen-bond donors (Lipinski definition) is 0. The Morgan fingerprint density at radius 2 is 1.69 bits per heavy atom. The molecule has 0 aliphatic carbocycles. The minimum atomic E-state index is -4.12. The first-order valence-electron chi connectivity index (χ1n) is 10.4. The molecule has 5 nitrogen and oxygen atoms in total. The Hall–Kier alpha value is -2.83. The Labute approximate surface area is 194 Å². The van der Waals surface area contributed by atoms with Crippen molar-refractivity contribution in [1.29, 1.82) is 0 Å². The highest BCUT2D eigenvalue weighted by atomic mass is 35.5. The fourth-order valence-corrected chi connectivity index (χ4v) is 4.75. The Morgan fingerprint density at radius 1 is 1.00 bits per heavy atom. The van der Waals surface area contributed by atoms with E-state index in [2.05, 4.69) is 6.92 Å². The summed E-state index contributed by atoms with van der Waals surface area (Å²) >= 11 is 6.04. The van der Waals surface area contributed by atoms with Gasteiger partial charge < -0.3 is 4.74 Å². The standard InChI is InChI=1S/C25H26ClNO4S/c1-3-4-8-20-11-13-21(14-12-20)27(32(29,30)23-9-6-5-7-10-23)25(28)18-31-22-15-16-24(26)19(2)17-22/h5-7,9-17H,3-4,8,18H2,1-2H3. The second-order valence-corrected chi connectivity index (χ2v) is 9.64. The summed E-state index contributed by atoms with van der Waals surface area (Å²) < 4.78 is 33.2. The molecule has 0 fully saturated rings. The number of ether oxygens (including phenoxy) is 1. The fraction of sp³-hybridized carbons (Fsp3) is 0.240. The summed E-state index contributed by atoms with van der Waals surface area (Å²) in [6, 6.07) is 19.9. The van der Waals surface area contributed by atoms with E-state index in [4.69, 9.17) is 16.3 Å². The number of benzene rings is 3. The highest BCUT2D eigenvalue weighted by Crippen LogP contribution is 2.26. The summed E-state index contributed by atoms with van der Waals surface area (Å²) in [5.74, 6) is -0.255. The molecule has 0 N–H and O–H groups in total. The van der Waals surface area contributed by atoms with E-state index in [1.54, 1.807) is 48.5 Å². The molecule has 0 unspecified atom stereocenters. The molecule has 0 aliphatic heterocycles. The lowest BCUT2D eigenvalue weighted by molar-refractivity contribution is -0.119. The van der Waals surface area contributed by atoms with Crippen molar-refractivity contribution in [3.63, 3.8) is 0 Å². The normalized spacial score (nSPS) is 11.2. The third-order valence-electron chi connectivity index (χ3n) is 4.99. The number of rotatable bonds is 9. The number of anilines is 1. The molecule has 168 valence electrons. The number of sulfonamides is 1. The van der Waals surface area contributed by atoms with E-state index in [9.17, 15) is 13.2 Å². The third-order valence-corrected chi connectivity index (χ3v) is 7.18. The molecule has 32 heavy (non-hydrogen) atoms. The minimum absolute atomic E-state index is 0.0331. The Bertz CT molecular complexity index is 1160. The van der Waals surface area contributed by atoms with Crippen molar-refractivity contribution in [3.05, 3.63) is 88.9 Å². The average molecular weight is 472 g/mol. The second kappa shape index (κ2) is 10.7. The lowest BCUT2D eigenvalue weighted by Crippen LogP contribution is -2.40. The van der Waals surface area contributed by atoms with Gasteiger partial charge in [-0.25, -0.2) is 8.42 Å². The molecule has 1 amide bonds. The van der Waals surface area contributed by atoms with E-state index in [0.717, 1.165) is 34.7 Å². The van der Waals surface area contributed by atoms with Gasteiger partial charge >= 0.3 is 0 Å². The maximum Gasteiger partial charge on any atom is 0.278 e. The van der Waals surface area contributed by atoms with Gasteiger partial charge in [0, 0.05) is 5.02 Å². The molecular formula is C25H26ClNO4S. The van der Waals surface area contributed by atoms with Crippen LogP contribution >= 0.6 is 11.6 Å². The van der Waals surface area contributed by atoms with Crippen LogP contribution in [-0.2, 0) is 21.2 Å². The van der Waals surface area contributed by atoms with E-state index in [1.165, 1.54) is 12.1 Å². The van der Waals surface area contributed by atoms with Gasteiger partial charge in [-0.15, -0.1) is 0 Å². The first-order chi connectivity index (χ1) is 15.3. The predicted molar refractivity (Wildman–Crippen MR) is 128 cm³/mol. The molecule has 7 heteroatoms. The summed E-state index contributed by atoms with van der Waals surface area (Å²) in [6.07, 6.45) is 3.00. The zero-order valence-electron chi connectivity index (χ0n) is 18.1. The van der Waals surface area contributed by atoms with Crippen molar-refractivity contribution < 1.29 is 17.9 Å². The van der Waals surface area contributed by atoms with Gasteiger partial charge in [-0.05, 0) is 73.4 Å². The maximum atomic E-state index is 13.4. The van der Waals surface area contributed by atoms with Gasteiger partial charge in [0.05, 0.1) is 10.6 Å². The van der Waals surface area contributed by atoms with Gasteiger partial charge in [-0.2, -0.15) is 4.31 Å². The first-order valence-corrected chi connectivity index (χ1v) is 12.3. The zero-order valence-corrected chi connectivity index (χ0v) is 19.7. The quantitative estimate of drug-likeness (QED) is 0.396. The SMILES string of the molecule is CCCCc1ccc(N(C(=O)COc2ccc(Cl)c(C)c2)S(=O)(=O)c2ccccc2)cc1. The van der Waals surface area contributed by atoms with Crippen molar-refractivity contribution in [1.82, 2.24) is 0 Å². The predicted octanol–water partition coefficient (Wildman–Crippen LogP) is 5.79. The minimum Gasteiger partial charge on any atom is -0.484 e. The number of carbonyl (C=O) groups excluding carboxylic acids is 1. The van der Waals surface area contributed by atoms with Crippen LogP contribution in [0, 0.1) is 6.92 Å². The van der Waals surface area contributed by atoms with E-state index in [0.29, 0.717) is 10.8 Å². The van der Waals surface area contributed by atoms with Gasteiger partial charge in [0.25, 0.3) is 15.9 Å². The summed E-state index contributed by atoms with van der Waals surface area (Å²) in [5, 5.41) is 0.583. The number of amides is 1. The number of aryl methyl sites for hydroxylation is 2. The van der Waals surface area contributed by atoms with Crippen LogP contribution in [0.2, 0.25) is 5.02 Å². The van der Waals surface area contributed by atoms with E-state index in [-0.39, 0.29) is 10.6 Å². The van der Waals surface area contributed by atoms with Crippen LogP contribution in [-0.4, -0.2) is 20.9 Å². The Morgan fingerprint density at radius 3 is 2.31 bits per heavy atom. The zero-order chi connectivity index (χ0) is 23.1. The van der Waals surface area contributed by atoms with E-state index in [1.807, 2.05) is 19.1 Å². The van der Waals surface area contributed by atoms with Crippen molar-refractivity contribution in [2.75, 3.05) is 10.9 Å². The summed E-state index contributed by atoms with van der Waals surface area (Å²) in [6.45, 7) is 3.50. The molecule has 0 saturated heterocycles. The summed E-state index contributed by atoms with van der Waals surface area (Å²) in [5.41, 5.74) is 2.16. The van der Waals surface area contributed by atoms with Crippen LogP contribution in [0.25, 0.3) is 0 Å². The maximum absolute atomic E-state index is 13.4. The summed E-state index contributed by atoms with van der Waals surface area (Å²) in [7, 11) is -4.12. The van der Waals surface area contributed by atoms with Crippen molar-refractivity contribution in [2.24, 2.45) is 0 Å². The van der Waals surface area contributed by atoms with E-state index >= 15 is 0 Å². The number of halogens is 1. The van der Waals surface area contributed by atoms with Crippen molar-refractivity contribution >= 4 is 33.2 Å². The monoisotopic (exact) mass is 471 g/mol. The van der Waals surface area contributed by atoms with Gasteiger partial charge in [0.2, 0.25) is 0 Å². The first kappa shape index (κ1) is 23.8. The van der Waals surface area contributed by atoms with Gasteiger partial charge in [-0.1, -0.05) is 55.3 Å². The molecule has 3 aromatic carbocycles. The fourth-order valence-electron chi connectivity index (χ4n) is 3.20. The van der Waals surface area contributed by atoms with Gasteiger partial charge in [0.15, 0.2) is 6.61 Å². The molecule has 3 rings (SSSR count). The molecule has 0 atom stereocenters. The number of carbonyl (C=O) groups is 1. The molecule has 0 radical (unpaired) electrons. The van der Waals surface area contributed by atoms with Crippen LogP contribution < -0.4 is 9.04 Å². The van der Waals surface area contributed by atoms with Crippen LogP contribution in [0.4, 0.5) is 5.69 Å². The summed E-state index contributed by atoms with van der Waals surface area (Å²) in [4.78, 5) is 13.2. The smallest absolute Gasteiger partial charge is 0.278 e. The van der Waals surface area contributed by atoms with Gasteiger partial charge in [-0.3, -0.25) is 4.79 Å². The van der Waals surface area contributed by atoms with E-state index < -0.39 is 22.5 Å². The number of unbranched alkanes of at least 4 members (excludes halogenated alkanes) is 1. The molecule has 3 aromatic rings. The topological polar surface area (TPSA) is 63.7 Å². The Kier molecular flexibility index (Phi) is 7.94. The Balaban J connectivity index is 1.91. The molecule has 0 aromatic heterocycles. The molecular weight excluding hydrogens is 446 g/mol. The molecule has 0 aliphatic rings. The lowest BCUT2D eigenvalue weighted by atomic mass is 10.1. The number of nitrogens with zero attached hydrogens (tertiary/aromatic N) is 1. The van der Waals surface area contributed by atoms with Crippen LogP contribution in [0.3, 0.4) is 0 Å². The molecule has 0 bridgehead atoms. The van der Waals surface area contributed by atoms with Gasteiger partial charge in [0.1, 0.15) is 5.75 Å². The van der Waals surface area contributed by atoms with Crippen LogP contribution in [0.15, 0.2) is 77.7 Å². The van der Waals surface area contributed by atoms with Crippen LogP contribution in [0.1, 0.15) is 30.9 Å². The average Bonchev–Trinajstić information content (AvgIpc) is 2.80. The molecule has 0 saturated carbocycles. The lowest BCUT2D eigenvalue weighted by Gasteiger charge is -2.23. The molecule has 0 spiro atoms. The second-order valence-electron chi connectivity index (χ2n) is 7.45. The third kappa shape index (κ3) is 5.69. The molecule has 0 heterocycles. The van der Waals surface area contributed by atoms with Crippen molar-refractivity contribution in [3.8, 4) is 5.75 Å².